The van der Waals surface area contributed by atoms with Crippen LogP contribution in [-0.2, 0) is 6.54 Å². The highest BCUT2D eigenvalue weighted by Gasteiger charge is 2.05. The summed E-state index contributed by atoms with van der Waals surface area (Å²) in [6.07, 6.45) is 3.26. The van der Waals surface area contributed by atoms with Crippen LogP contribution in [0.3, 0.4) is 0 Å². The van der Waals surface area contributed by atoms with Gasteiger partial charge in [-0.25, -0.2) is 0 Å². The van der Waals surface area contributed by atoms with Gasteiger partial charge in [0.2, 0.25) is 6.39 Å². The minimum absolute atomic E-state index is 0.561. The Bertz CT molecular complexity index is 691. The maximum Gasteiger partial charge on any atom is 0.213 e. The largest absolute Gasteiger partial charge is 0.343 e. The first kappa shape index (κ1) is 9.60. The van der Waals surface area contributed by atoms with Gasteiger partial charge in [-0.2, -0.15) is 10.2 Å². The molecular formula is C12H8N4O. The number of hydrogen-bond donors (Lipinski definition) is 0. The van der Waals surface area contributed by atoms with Crippen LogP contribution in [0.15, 0.2) is 41.4 Å². The molecular weight excluding hydrogens is 216 g/mol. The summed E-state index contributed by atoms with van der Waals surface area (Å²) >= 11 is 0. The lowest BCUT2D eigenvalue weighted by molar-refractivity contribution is 0.408. The minimum atomic E-state index is 0.561. The topological polar surface area (TPSA) is 67.6 Å². The normalized spacial score (nSPS) is 10.5. The summed E-state index contributed by atoms with van der Waals surface area (Å²) in [5.41, 5.74) is 1.71. The second-order valence-corrected chi connectivity index (χ2v) is 3.68. The van der Waals surface area contributed by atoms with Gasteiger partial charge in [-0.05, 0) is 24.3 Å². The van der Waals surface area contributed by atoms with Crippen molar-refractivity contribution < 1.29 is 4.52 Å². The summed E-state index contributed by atoms with van der Waals surface area (Å²) in [5.74, 6) is 0.631. The standard InChI is InChI=1S/C12H8N4O/c13-6-9-1-2-11-10(5-9)3-4-16(11)7-12-14-8-17-15-12/h1-5,8H,7H2. The third-order valence-electron chi connectivity index (χ3n) is 2.62. The van der Waals surface area contributed by atoms with Crippen LogP contribution >= 0.6 is 0 Å². The van der Waals surface area contributed by atoms with E-state index in [9.17, 15) is 0 Å². The summed E-state index contributed by atoms with van der Waals surface area (Å²) in [6, 6.07) is 9.68. The molecule has 0 fully saturated rings. The van der Waals surface area contributed by atoms with Crippen molar-refractivity contribution in [1.29, 1.82) is 5.26 Å². The second kappa shape index (κ2) is 3.76. The maximum atomic E-state index is 8.82. The van der Waals surface area contributed by atoms with Crippen LogP contribution in [0.1, 0.15) is 11.4 Å². The van der Waals surface area contributed by atoms with Crippen molar-refractivity contribution in [2.24, 2.45) is 0 Å². The molecule has 0 aliphatic rings. The summed E-state index contributed by atoms with van der Waals surface area (Å²) in [7, 11) is 0. The van der Waals surface area contributed by atoms with Crippen molar-refractivity contribution >= 4 is 10.9 Å². The molecule has 2 aromatic heterocycles. The SMILES string of the molecule is N#Cc1ccc2c(ccn2Cc2ncon2)c1. The number of nitrogens with zero attached hydrogens (tertiary/aromatic N) is 4. The molecule has 0 aliphatic heterocycles. The Morgan fingerprint density at radius 1 is 1.35 bits per heavy atom. The second-order valence-electron chi connectivity index (χ2n) is 3.68. The fourth-order valence-electron chi connectivity index (χ4n) is 1.82. The van der Waals surface area contributed by atoms with E-state index in [-0.39, 0.29) is 0 Å². The highest BCUT2D eigenvalue weighted by atomic mass is 16.5. The smallest absolute Gasteiger partial charge is 0.213 e. The zero-order valence-corrected chi connectivity index (χ0v) is 8.87. The van der Waals surface area contributed by atoms with Crippen LogP contribution in [0.2, 0.25) is 0 Å². The van der Waals surface area contributed by atoms with Crippen LogP contribution in [0.5, 0.6) is 0 Å². The molecule has 0 unspecified atom stereocenters. The summed E-state index contributed by atoms with van der Waals surface area (Å²) < 4.78 is 6.71. The third-order valence-corrected chi connectivity index (χ3v) is 2.62. The van der Waals surface area contributed by atoms with E-state index in [0.717, 1.165) is 10.9 Å². The molecule has 82 valence electrons. The van der Waals surface area contributed by atoms with Crippen molar-refractivity contribution in [3.8, 4) is 6.07 Å². The third kappa shape index (κ3) is 1.66. The molecule has 2 heterocycles. The molecule has 0 N–H and O–H groups in total. The molecule has 3 rings (SSSR count). The van der Waals surface area contributed by atoms with E-state index in [1.54, 1.807) is 6.07 Å². The Balaban J connectivity index is 2.04. The van der Waals surface area contributed by atoms with Gasteiger partial charge < -0.3 is 9.09 Å². The maximum absolute atomic E-state index is 8.82. The van der Waals surface area contributed by atoms with E-state index >= 15 is 0 Å². The average Bonchev–Trinajstić information content (AvgIpc) is 2.99. The number of benzene rings is 1. The van der Waals surface area contributed by atoms with Crippen molar-refractivity contribution in [3.05, 3.63) is 48.2 Å². The number of nitriles is 1. The Morgan fingerprint density at radius 2 is 2.29 bits per heavy atom. The van der Waals surface area contributed by atoms with Gasteiger partial charge in [-0.3, -0.25) is 0 Å². The Morgan fingerprint density at radius 3 is 3.06 bits per heavy atom. The molecule has 0 aliphatic carbocycles. The van der Waals surface area contributed by atoms with E-state index in [0.29, 0.717) is 17.9 Å². The summed E-state index contributed by atoms with van der Waals surface area (Å²) in [6.45, 7) is 0.561. The lowest BCUT2D eigenvalue weighted by Gasteiger charge is -2.01. The van der Waals surface area contributed by atoms with Gasteiger partial charge in [-0.1, -0.05) is 5.16 Å². The van der Waals surface area contributed by atoms with Gasteiger partial charge in [0, 0.05) is 17.1 Å². The first-order chi connectivity index (χ1) is 8.36. The monoisotopic (exact) mass is 224 g/mol. The lowest BCUT2D eigenvalue weighted by Crippen LogP contribution is -1.99. The van der Waals surface area contributed by atoms with Gasteiger partial charge in [0.15, 0.2) is 5.82 Å². The summed E-state index contributed by atoms with van der Waals surface area (Å²) in [5, 5.41) is 13.6. The number of fused-ring (bicyclic) bond motifs is 1. The van der Waals surface area contributed by atoms with Gasteiger partial charge in [0.05, 0.1) is 18.2 Å². The fraction of sp³-hybridized carbons (Fsp3) is 0.0833. The van der Waals surface area contributed by atoms with Gasteiger partial charge in [-0.15, -0.1) is 0 Å². The highest BCUT2D eigenvalue weighted by Crippen LogP contribution is 2.18. The first-order valence-corrected chi connectivity index (χ1v) is 5.11. The molecule has 0 atom stereocenters. The lowest BCUT2D eigenvalue weighted by atomic mass is 10.2. The predicted octanol–water partition coefficient (Wildman–Crippen LogP) is 1.94. The molecule has 0 radical (unpaired) electrons. The van der Waals surface area contributed by atoms with Crippen molar-refractivity contribution in [1.82, 2.24) is 14.7 Å². The van der Waals surface area contributed by atoms with Crippen LogP contribution in [0, 0.1) is 11.3 Å². The molecule has 17 heavy (non-hydrogen) atoms. The van der Waals surface area contributed by atoms with Gasteiger partial charge in [0.1, 0.15) is 0 Å². The van der Waals surface area contributed by atoms with Crippen molar-refractivity contribution in [2.75, 3.05) is 0 Å². The molecule has 5 heteroatoms. The first-order valence-electron chi connectivity index (χ1n) is 5.11. The Labute approximate surface area is 96.9 Å². The van der Waals surface area contributed by atoms with E-state index in [1.807, 2.05) is 29.0 Å². The van der Waals surface area contributed by atoms with Crippen LogP contribution in [-0.4, -0.2) is 14.7 Å². The van der Waals surface area contributed by atoms with E-state index in [4.69, 9.17) is 9.78 Å². The zero-order valence-electron chi connectivity index (χ0n) is 8.87. The molecule has 5 nitrogen and oxygen atoms in total. The van der Waals surface area contributed by atoms with Crippen LogP contribution < -0.4 is 0 Å². The van der Waals surface area contributed by atoms with Gasteiger partial charge >= 0.3 is 0 Å². The molecule has 1 aromatic carbocycles. The number of aromatic nitrogens is 3. The Hall–Kier alpha value is -2.61. The van der Waals surface area contributed by atoms with Crippen molar-refractivity contribution in [3.63, 3.8) is 0 Å². The van der Waals surface area contributed by atoms with E-state index in [1.165, 1.54) is 6.39 Å². The Kier molecular flexibility index (Phi) is 2.12. The predicted molar refractivity (Wildman–Crippen MR) is 60.1 cm³/mol. The average molecular weight is 224 g/mol. The fourth-order valence-corrected chi connectivity index (χ4v) is 1.82. The molecule has 0 bridgehead atoms. The zero-order chi connectivity index (χ0) is 11.7. The minimum Gasteiger partial charge on any atom is -0.343 e. The van der Waals surface area contributed by atoms with Crippen LogP contribution in [0.25, 0.3) is 10.9 Å². The van der Waals surface area contributed by atoms with Crippen molar-refractivity contribution in [2.45, 2.75) is 6.54 Å². The van der Waals surface area contributed by atoms with Gasteiger partial charge in [0.25, 0.3) is 0 Å². The summed E-state index contributed by atoms with van der Waals surface area (Å²) in [4.78, 5) is 3.98. The molecule has 0 spiro atoms. The number of hydrogen-bond acceptors (Lipinski definition) is 4. The molecule has 3 aromatic rings. The number of rotatable bonds is 2. The van der Waals surface area contributed by atoms with Crippen LogP contribution in [0.4, 0.5) is 0 Å². The molecule has 0 saturated carbocycles. The molecule has 0 saturated heterocycles. The quantitative estimate of drug-likeness (QED) is 0.667. The molecule has 0 amide bonds. The van der Waals surface area contributed by atoms with E-state index in [2.05, 4.69) is 16.2 Å². The highest BCUT2D eigenvalue weighted by molar-refractivity contribution is 5.81. The van der Waals surface area contributed by atoms with E-state index < -0.39 is 0 Å².